The van der Waals surface area contributed by atoms with Gasteiger partial charge in [0.1, 0.15) is 5.82 Å². The zero-order chi connectivity index (χ0) is 21.1. The Morgan fingerprint density at radius 3 is 2.67 bits per heavy atom. The Bertz CT molecular complexity index is 873. The molecule has 2 aliphatic rings. The Kier molecular flexibility index (Phi) is 6.78. The van der Waals surface area contributed by atoms with Crippen LogP contribution in [0.2, 0.25) is 5.02 Å². The van der Waals surface area contributed by atoms with Crippen molar-refractivity contribution in [2.24, 2.45) is 5.92 Å². The van der Waals surface area contributed by atoms with Gasteiger partial charge in [-0.3, -0.25) is 9.69 Å². The smallest absolute Gasteiger partial charge is 0.219 e. The van der Waals surface area contributed by atoms with Gasteiger partial charge in [-0.2, -0.15) is 0 Å². The third-order valence-electron chi connectivity index (χ3n) is 6.55. The van der Waals surface area contributed by atoms with E-state index in [0.717, 1.165) is 62.7 Å². The van der Waals surface area contributed by atoms with Crippen molar-refractivity contribution in [3.05, 3.63) is 23.0 Å². The fourth-order valence-corrected chi connectivity index (χ4v) is 4.79. The molecule has 0 unspecified atom stereocenters. The number of amides is 1. The van der Waals surface area contributed by atoms with E-state index in [2.05, 4.69) is 20.3 Å². The van der Waals surface area contributed by atoms with Crippen molar-refractivity contribution in [1.82, 2.24) is 15.4 Å². The van der Waals surface area contributed by atoms with E-state index < -0.39 is 5.82 Å². The van der Waals surface area contributed by atoms with Gasteiger partial charge in [0.25, 0.3) is 0 Å². The van der Waals surface area contributed by atoms with Crippen LogP contribution in [0.5, 0.6) is 0 Å². The first-order chi connectivity index (χ1) is 14.5. The molecule has 2 heterocycles. The predicted molar refractivity (Wildman–Crippen MR) is 116 cm³/mol. The highest BCUT2D eigenvalue weighted by Gasteiger charge is 2.25. The molecule has 1 saturated heterocycles. The molecule has 8 heteroatoms. The molecule has 0 bridgehead atoms. The highest BCUT2D eigenvalue weighted by molar-refractivity contribution is 6.31. The van der Waals surface area contributed by atoms with Crippen molar-refractivity contribution in [3.63, 3.8) is 0 Å². The summed E-state index contributed by atoms with van der Waals surface area (Å²) in [6.07, 6.45) is 6.41. The van der Waals surface area contributed by atoms with Gasteiger partial charge in [0.05, 0.1) is 10.4 Å². The highest BCUT2D eigenvalue weighted by atomic mass is 35.5. The molecule has 1 aliphatic carbocycles. The molecule has 1 aliphatic heterocycles. The summed E-state index contributed by atoms with van der Waals surface area (Å²) in [7, 11) is 0. The second-order valence-electron chi connectivity index (χ2n) is 8.52. The fraction of sp³-hybridized carbons (Fsp3) is 0.636. The number of nitrogens with one attached hydrogen (secondary N) is 1. The third-order valence-corrected chi connectivity index (χ3v) is 6.84. The first kappa shape index (κ1) is 21.4. The molecule has 1 N–H and O–H groups in total. The van der Waals surface area contributed by atoms with Gasteiger partial charge in [0.2, 0.25) is 5.91 Å². The van der Waals surface area contributed by atoms with E-state index in [1.165, 1.54) is 25.3 Å². The number of rotatable bonds is 6. The fourth-order valence-electron chi connectivity index (χ4n) is 4.62. The molecule has 0 radical (unpaired) electrons. The van der Waals surface area contributed by atoms with Gasteiger partial charge >= 0.3 is 0 Å². The Hall–Kier alpha value is -1.86. The van der Waals surface area contributed by atoms with Gasteiger partial charge in [-0.15, -0.1) is 0 Å². The first-order valence-electron chi connectivity index (χ1n) is 11.0. The number of anilines is 1. The quantitative estimate of drug-likeness (QED) is 0.734. The lowest BCUT2D eigenvalue weighted by Gasteiger charge is -2.36. The van der Waals surface area contributed by atoms with Crippen LogP contribution in [0.15, 0.2) is 16.7 Å². The standard InChI is InChI=1S/C22H30ClFN4O2/c1-2-21(29)25-16-5-3-15(4-6-16)7-8-27-9-11-28(12-10-27)22-17-13-18(23)19(24)14-20(17)30-26-22/h13-16H,2-12H2,1H3,(H,25,29). The van der Waals surface area contributed by atoms with Crippen LogP contribution in [0.4, 0.5) is 10.2 Å². The normalized spacial score (nSPS) is 23.1. The Morgan fingerprint density at radius 1 is 1.23 bits per heavy atom. The summed E-state index contributed by atoms with van der Waals surface area (Å²) in [5, 5.41) is 8.15. The summed E-state index contributed by atoms with van der Waals surface area (Å²) in [4.78, 5) is 16.3. The van der Waals surface area contributed by atoms with E-state index in [1.54, 1.807) is 6.07 Å². The lowest BCUT2D eigenvalue weighted by Crippen LogP contribution is -2.47. The van der Waals surface area contributed by atoms with Crippen molar-refractivity contribution < 1.29 is 13.7 Å². The molecule has 4 rings (SSSR count). The molecule has 30 heavy (non-hydrogen) atoms. The SMILES string of the molecule is CCC(=O)NC1CCC(CCN2CCN(c3noc4cc(F)c(Cl)cc34)CC2)CC1. The largest absolute Gasteiger partial charge is 0.354 e. The van der Waals surface area contributed by atoms with Crippen LogP contribution < -0.4 is 10.2 Å². The van der Waals surface area contributed by atoms with Crippen LogP contribution in [-0.4, -0.2) is 54.7 Å². The molecule has 164 valence electrons. The maximum atomic E-state index is 13.6. The molecular weight excluding hydrogens is 407 g/mol. The van der Waals surface area contributed by atoms with Gasteiger partial charge in [0.15, 0.2) is 11.4 Å². The third kappa shape index (κ3) is 4.89. The predicted octanol–water partition coefficient (Wildman–Crippen LogP) is 4.22. The number of carbonyl (C=O) groups excluding carboxylic acids is 1. The number of halogens is 2. The Morgan fingerprint density at radius 2 is 1.97 bits per heavy atom. The lowest BCUT2D eigenvalue weighted by molar-refractivity contribution is -0.121. The summed E-state index contributed by atoms with van der Waals surface area (Å²) >= 11 is 5.94. The average molecular weight is 437 g/mol. The number of hydrogen-bond donors (Lipinski definition) is 1. The molecule has 1 saturated carbocycles. The molecule has 1 aromatic carbocycles. The monoisotopic (exact) mass is 436 g/mol. The van der Waals surface area contributed by atoms with Crippen LogP contribution in [0, 0.1) is 11.7 Å². The van der Waals surface area contributed by atoms with Crippen LogP contribution in [0.3, 0.4) is 0 Å². The van der Waals surface area contributed by atoms with Crippen molar-refractivity contribution in [1.29, 1.82) is 0 Å². The van der Waals surface area contributed by atoms with Crippen LogP contribution in [0.1, 0.15) is 45.4 Å². The molecule has 2 aromatic rings. The van der Waals surface area contributed by atoms with Gasteiger partial charge in [-0.05, 0) is 50.6 Å². The van der Waals surface area contributed by atoms with E-state index in [1.807, 2.05) is 6.92 Å². The molecule has 1 amide bonds. The summed E-state index contributed by atoms with van der Waals surface area (Å²) in [6.45, 7) is 6.71. The van der Waals surface area contributed by atoms with Crippen LogP contribution in [-0.2, 0) is 4.79 Å². The molecule has 2 fully saturated rings. The maximum absolute atomic E-state index is 13.6. The number of fused-ring (bicyclic) bond motifs is 1. The minimum absolute atomic E-state index is 0.0922. The van der Waals surface area contributed by atoms with E-state index in [-0.39, 0.29) is 10.9 Å². The summed E-state index contributed by atoms with van der Waals surface area (Å²) in [5.41, 5.74) is 0.431. The van der Waals surface area contributed by atoms with Crippen molar-refractivity contribution in [2.45, 2.75) is 51.5 Å². The molecule has 0 spiro atoms. The maximum Gasteiger partial charge on any atom is 0.219 e. The number of carbonyl (C=O) groups is 1. The van der Waals surface area contributed by atoms with E-state index in [0.29, 0.717) is 18.0 Å². The molecule has 0 atom stereocenters. The van der Waals surface area contributed by atoms with E-state index in [4.69, 9.17) is 16.1 Å². The first-order valence-corrected chi connectivity index (χ1v) is 11.4. The average Bonchev–Trinajstić information content (AvgIpc) is 3.16. The minimum atomic E-state index is -0.488. The van der Waals surface area contributed by atoms with Crippen molar-refractivity contribution in [3.8, 4) is 0 Å². The minimum Gasteiger partial charge on any atom is -0.354 e. The zero-order valence-electron chi connectivity index (χ0n) is 17.5. The van der Waals surface area contributed by atoms with Crippen LogP contribution >= 0.6 is 11.6 Å². The van der Waals surface area contributed by atoms with Crippen LogP contribution in [0.25, 0.3) is 11.0 Å². The van der Waals surface area contributed by atoms with Crippen molar-refractivity contribution in [2.75, 3.05) is 37.6 Å². The van der Waals surface area contributed by atoms with Gasteiger partial charge < -0.3 is 14.7 Å². The van der Waals surface area contributed by atoms with Gasteiger partial charge in [-0.1, -0.05) is 23.7 Å². The Balaban J connectivity index is 1.22. The number of aromatic nitrogens is 1. The molecule has 1 aromatic heterocycles. The Labute approximate surface area is 181 Å². The van der Waals surface area contributed by atoms with E-state index in [9.17, 15) is 9.18 Å². The topological polar surface area (TPSA) is 61.6 Å². The second kappa shape index (κ2) is 9.52. The lowest BCUT2D eigenvalue weighted by atomic mass is 9.84. The second-order valence-corrected chi connectivity index (χ2v) is 8.93. The highest BCUT2D eigenvalue weighted by Crippen LogP contribution is 2.31. The number of nitrogens with zero attached hydrogens (tertiary/aromatic N) is 3. The summed E-state index contributed by atoms with van der Waals surface area (Å²) in [5.74, 6) is 1.19. The molecular formula is C22H30ClFN4O2. The van der Waals surface area contributed by atoms with Gasteiger partial charge in [0, 0.05) is 44.7 Å². The van der Waals surface area contributed by atoms with Gasteiger partial charge in [-0.25, -0.2) is 4.39 Å². The summed E-state index contributed by atoms with van der Waals surface area (Å²) < 4.78 is 18.9. The van der Waals surface area contributed by atoms with E-state index >= 15 is 0 Å². The molecule has 6 nitrogen and oxygen atoms in total. The number of benzene rings is 1. The summed E-state index contributed by atoms with van der Waals surface area (Å²) in [6, 6.07) is 3.27. The zero-order valence-corrected chi connectivity index (χ0v) is 18.3. The van der Waals surface area contributed by atoms with Crippen molar-refractivity contribution >= 4 is 34.3 Å². The number of piperazine rings is 1. The number of hydrogen-bond acceptors (Lipinski definition) is 5.